The fraction of sp³-hybridized carbons (Fsp3) is 0.255. The minimum absolute atomic E-state index is 0. The first-order valence-electron chi connectivity index (χ1n) is 21.5. The van der Waals surface area contributed by atoms with E-state index in [9.17, 15) is 0 Å². The van der Waals surface area contributed by atoms with E-state index >= 15 is 0 Å². The number of hydrogen-bond acceptors (Lipinski definition) is 4. The number of aromatic nitrogens is 4. The number of rotatable bonds is 7. The van der Waals surface area contributed by atoms with Crippen molar-refractivity contribution in [2.45, 2.75) is 89.9 Å². The van der Waals surface area contributed by atoms with Crippen LogP contribution in [0.15, 0.2) is 132 Å². The zero-order valence-corrected chi connectivity index (χ0v) is 42.3. The van der Waals surface area contributed by atoms with Crippen LogP contribution in [0.1, 0.15) is 82.7 Å². The molecule has 0 saturated carbocycles. The minimum Gasteiger partial charge on any atom is -0.486 e. The summed E-state index contributed by atoms with van der Waals surface area (Å²) in [5.74, 6) is 8.57. The van der Waals surface area contributed by atoms with E-state index in [0.29, 0.717) is 17.5 Å². The number of benzene rings is 5. The standard InChI is InChI=1S/C37H32N3O.C18H24GeN.Ir/c1-22(2)30-20-26(25-12-7-6-8-13-25)21-31(23(3)4)34(30)40-33-17-10-9-16-32(33)39-36(40)29-15-11-14-27-28-19-18-24(5)38-37(28)41-35(27)29;1-18(2,3)15-9-7-14(8-10-15)17-12-11-16(13-20-17)19(4,5)6;/h6-14,16-23H,1-5H3;7,9-13H,1-6H3;/q2*-1;. The fourth-order valence-electron chi connectivity index (χ4n) is 7.96. The Bertz CT molecular complexity index is 2900. The van der Waals surface area contributed by atoms with Crippen LogP contribution in [0.3, 0.4) is 0 Å². The van der Waals surface area contributed by atoms with E-state index in [1.165, 1.54) is 37.9 Å². The van der Waals surface area contributed by atoms with Gasteiger partial charge in [-0.3, -0.25) is 4.98 Å². The van der Waals surface area contributed by atoms with Gasteiger partial charge in [-0.15, -0.1) is 18.2 Å². The smallest absolute Gasteiger partial charge is 0.216 e. The van der Waals surface area contributed by atoms with Crippen molar-refractivity contribution in [2.75, 3.05) is 0 Å². The molecule has 0 saturated heterocycles. The summed E-state index contributed by atoms with van der Waals surface area (Å²) in [6, 6.07) is 49.6. The SMILES string of the molecule is CC(C)(C)c1c[c-]c(-c2cc[c]([Ge]([CH3])([CH3])[CH3])cn2)cc1.Cc1ccc2c(n1)oc1c(-c3nc4ccccc4n3-c3c(C(C)C)cc(-c4ccccc4)cc3C(C)C)[c-]ccc12.[Ir]. The van der Waals surface area contributed by atoms with Crippen LogP contribution in [-0.4, -0.2) is 32.8 Å². The van der Waals surface area contributed by atoms with Crippen LogP contribution in [0.4, 0.5) is 0 Å². The Kier molecular flexibility index (Phi) is 13.0. The number of hydrogen-bond donors (Lipinski definition) is 0. The number of imidazole rings is 1. The van der Waals surface area contributed by atoms with Crippen LogP contribution < -0.4 is 4.40 Å². The average Bonchev–Trinajstić information content (AvgIpc) is 3.81. The van der Waals surface area contributed by atoms with Gasteiger partial charge in [0, 0.05) is 36.9 Å². The summed E-state index contributed by atoms with van der Waals surface area (Å²) < 4.78 is 10.2. The second-order valence-electron chi connectivity index (χ2n) is 18.9. The van der Waals surface area contributed by atoms with Crippen LogP contribution in [-0.2, 0) is 25.5 Å². The monoisotopic (exact) mass is 1060 g/mol. The molecule has 0 aliphatic heterocycles. The van der Waals surface area contributed by atoms with Crippen molar-refractivity contribution in [2.24, 2.45) is 0 Å². The number of para-hydroxylation sites is 2. The number of aryl methyl sites for hydroxylation is 1. The van der Waals surface area contributed by atoms with Crippen molar-refractivity contribution in [3.8, 4) is 39.5 Å². The third kappa shape index (κ3) is 9.02. The Labute approximate surface area is 383 Å². The van der Waals surface area contributed by atoms with Crippen LogP contribution in [0.5, 0.6) is 0 Å². The third-order valence-electron chi connectivity index (χ3n) is 11.6. The summed E-state index contributed by atoms with van der Waals surface area (Å²) in [5.41, 5.74) is 15.0. The fourth-order valence-corrected chi connectivity index (χ4v) is 10.1. The molecule has 1 radical (unpaired) electrons. The quantitative estimate of drug-likeness (QED) is 0.118. The molecule has 0 unspecified atom stereocenters. The Morgan fingerprint density at radius 1 is 0.710 bits per heavy atom. The Morgan fingerprint density at radius 2 is 1.40 bits per heavy atom. The van der Waals surface area contributed by atoms with Crippen molar-refractivity contribution in [1.29, 1.82) is 0 Å². The third-order valence-corrected chi connectivity index (χ3v) is 15.8. The molecule has 0 amide bonds. The normalized spacial score (nSPS) is 12.0. The number of pyridine rings is 2. The van der Waals surface area contributed by atoms with Crippen LogP contribution in [0, 0.1) is 19.1 Å². The van der Waals surface area contributed by atoms with Gasteiger partial charge in [0.15, 0.2) is 0 Å². The second kappa shape index (κ2) is 17.9. The summed E-state index contributed by atoms with van der Waals surface area (Å²) in [5, 5.41) is 2.02. The van der Waals surface area contributed by atoms with Gasteiger partial charge in [0.25, 0.3) is 0 Å². The van der Waals surface area contributed by atoms with E-state index in [1.54, 1.807) is 0 Å². The predicted molar refractivity (Wildman–Crippen MR) is 259 cm³/mol. The maximum Gasteiger partial charge on any atom is 0.216 e. The molecule has 5 nitrogen and oxygen atoms in total. The molecule has 0 aliphatic carbocycles. The van der Waals surface area contributed by atoms with Crippen LogP contribution in [0.25, 0.3) is 72.6 Å². The van der Waals surface area contributed by atoms with E-state index in [-0.39, 0.29) is 25.5 Å². The zero-order chi connectivity index (χ0) is 43.2. The Balaban J connectivity index is 0.000000233. The van der Waals surface area contributed by atoms with E-state index in [4.69, 9.17) is 9.40 Å². The molecule has 0 fully saturated rings. The van der Waals surface area contributed by atoms with E-state index < -0.39 is 13.3 Å². The Morgan fingerprint density at radius 3 is 2.02 bits per heavy atom. The topological polar surface area (TPSA) is 56.7 Å². The molecule has 0 atom stereocenters. The Hall–Kier alpha value is -5.14. The van der Waals surface area contributed by atoms with Gasteiger partial charge in [0.05, 0.1) is 22.4 Å². The van der Waals surface area contributed by atoms with Gasteiger partial charge < -0.3 is 8.98 Å². The molecular formula is C55H56GeIrN4O-2. The zero-order valence-electron chi connectivity index (χ0n) is 37.8. The molecule has 317 valence electrons. The maximum absolute atomic E-state index is 6.44. The van der Waals surface area contributed by atoms with Gasteiger partial charge >= 0.3 is 126 Å². The molecule has 4 heterocycles. The van der Waals surface area contributed by atoms with Crippen molar-refractivity contribution < 1.29 is 24.5 Å². The van der Waals surface area contributed by atoms with Gasteiger partial charge in [-0.2, -0.15) is 0 Å². The summed E-state index contributed by atoms with van der Waals surface area (Å²) in [6.07, 6.45) is 2.06. The predicted octanol–water partition coefficient (Wildman–Crippen LogP) is 14.4. The number of fused-ring (bicyclic) bond motifs is 4. The molecule has 0 aliphatic rings. The maximum atomic E-state index is 6.44. The van der Waals surface area contributed by atoms with Crippen molar-refractivity contribution >= 4 is 50.8 Å². The van der Waals surface area contributed by atoms with Crippen molar-refractivity contribution in [3.63, 3.8) is 0 Å². The summed E-state index contributed by atoms with van der Waals surface area (Å²) >= 11 is -1.76. The summed E-state index contributed by atoms with van der Waals surface area (Å²) in [7, 11) is 0. The molecule has 0 bridgehead atoms. The van der Waals surface area contributed by atoms with E-state index in [0.717, 1.165) is 55.7 Å². The van der Waals surface area contributed by atoms with E-state index in [2.05, 4.69) is 202 Å². The molecule has 9 aromatic rings. The first kappa shape index (κ1) is 44.9. The molecule has 0 N–H and O–H groups in total. The minimum atomic E-state index is -1.76. The molecule has 9 rings (SSSR count). The van der Waals surface area contributed by atoms with Gasteiger partial charge in [-0.25, -0.2) is 4.98 Å². The first-order valence-corrected chi connectivity index (χ1v) is 28.8. The van der Waals surface area contributed by atoms with Gasteiger partial charge in [-0.1, -0.05) is 81.1 Å². The van der Waals surface area contributed by atoms with Gasteiger partial charge in [-0.05, 0) is 77.4 Å². The molecular weight excluding hydrogens is 997 g/mol. The molecule has 4 aromatic heterocycles. The van der Waals surface area contributed by atoms with Crippen LogP contribution >= 0.6 is 0 Å². The number of furan rings is 1. The molecule has 7 heteroatoms. The van der Waals surface area contributed by atoms with E-state index in [1.807, 2.05) is 25.1 Å². The van der Waals surface area contributed by atoms with Crippen LogP contribution in [0.2, 0.25) is 17.3 Å². The van der Waals surface area contributed by atoms with Crippen molar-refractivity contribution in [3.05, 3.63) is 162 Å². The summed E-state index contributed by atoms with van der Waals surface area (Å²) in [6.45, 7) is 17.7. The van der Waals surface area contributed by atoms with Gasteiger partial charge in [0.1, 0.15) is 0 Å². The number of nitrogens with zero attached hydrogens (tertiary/aromatic N) is 4. The van der Waals surface area contributed by atoms with Crippen molar-refractivity contribution in [1.82, 2.24) is 19.5 Å². The average molecular weight is 1050 g/mol. The molecule has 0 spiro atoms. The first-order chi connectivity index (χ1) is 29.1. The molecule has 5 aromatic carbocycles. The largest absolute Gasteiger partial charge is 0.486 e. The second-order valence-corrected chi connectivity index (χ2v) is 29.5. The summed E-state index contributed by atoms with van der Waals surface area (Å²) in [4.78, 5) is 14.5. The molecule has 62 heavy (non-hydrogen) atoms. The van der Waals surface area contributed by atoms with Gasteiger partial charge in [0.2, 0.25) is 5.71 Å².